The summed E-state index contributed by atoms with van der Waals surface area (Å²) in [7, 11) is 0. The minimum absolute atomic E-state index is 0.00647. The Hall–Kier alpha value is -2.50. The highest BCUT2D eigenvalue weighted by molar-refractivity contribution is 5.91. The van der Waals surface area contributed by atoms with Crippen LogP contribution < -0.4 is 5.11 Å². The van der Waals surface area contributed by atoms with Crippen LogP contribution in [0.3, 0.4) is 0 Å². The first kappa shape index (κ1) is 12.0. The first-order valence-electron chi connectivity index (χ1n) is 5.24. The lowest BCUT2D eigenvalue weighted by atomic mass is 10.2. The lowest BCUT2D eigenvalue weighted by molar-refractivity contribution is -0.254. The van der Waals surface area contributed by atoms with Gasteiger partial charge >= 0.3 is 0 Å². The second-order valence-corrected chi connectivity index (χ2v) is 3.68. The zero-order valence-corrected chi connectivity index (χ0v) is 9.88. The fraction of sp³-hybridized carbons (Fsp3) is 0.167. The maximum Gasteiger partial charge on any atom is 0.161 e. The molecule has 2 aromatic rings. The van der Waals surface area contributed by atoms with Gasteiger partial charge < -0.3 is 14.4 Å². The molecule has 0 amide bonds. The van der Waals surface area contributed by atoms with E-state index in [4.69, 9.17) is 4.52 Å². The molecule has 6 heteroatoms. The van der Waals surface area contributed by atoms with Crippen molar-refractivity contribution in [2.45, 2.75) is 13.8 Å². The molecule has 0 aliphatic heterocycles. The molecule has 1 aromatic carbocycles. The van der Waals surface area contributed by atoms with Crippen LogP contribution in [0.15, 0.2) is 39.0 Å². The second kappa shape index (κ2) is 4.79. The van der Waals surface area contributed by atoms with E-state index >= 15 is 0 Å². The van der Waals surface area contributed by atoms with Crippen LogP contribution in [0.5, 0.6) is 0 Å². The molecular formula is C12H10N3O3-. The largest absolute Gasteiger partial charge is 0.545 e. The van der Waals surface area contributed by atoms with Gasteiger partial charge in [-0.1, -0.05) is 23.4 Å². The summed E-state index contributed by atoms with van der Waals surface area (Å²) in [5.41, 5.74) is 1.33. The molecular weight excluding hydrogens is 234 g/mol. The van der Waals surface area contributed by atoms with Crippen LogP contribution in [-0.4, -0.2) is 11.1 Å². The third kappa shape index (κ3) is 2.27. The Balaban J connectivity index is 2.38. The summed E-state index contributed by atoms with van der Waals surface area (Å²) in [6, 6.07) is 6.23. The van der Waals surface area contributed by atoms with Crippen molar-refractivity contribution >= 4 is 17.3 Å². The molecule has 0 bridgehead atoms. The summed E-state index contributed by atoms with van der Waals surface area (Å²) in [5, 5.41) is 22.5. The van der Waals surface area contributed by atoms with E-state index in [2.05, 4.69) is 15.4 Å². The summed E-state index contributed by atoms with van der Waals surface area (Å²) in [6.45, 7) is 3.44. The highest BCUT2D eigenvalue weighted by atomic mass is 16.5. The SMILES string of the molecule is Cc1noc(C)c1N=Nc1ccccc1C(=O)[O-]. The van der Waals surface area contributed by atoms with Gasteiger partial charge in [-0.2, -0.15) is 0 Å². The first-order valence-corrected chi connectivity index (χ1v) is 5.24. The fourth-order valence-electron chi connectivity index (χ4n) is 1.46. The van der Waals surface area contributed by atoms with E-state index < -0.39 is 5.97 Å². The number of carboxylic acid groups (broad SMARTS) is 1. The van der Waals surface area contributed by atoms with E-state index in [1.165, 1.54) is 6.07 Å². The molecule has 1 heterocycles. The first-order chi connectivity index (χ1) is 8.59. The van der Waals surface area contributed by atoms with Crippen LogP contribution in [0.2, 0.25) is 0 Å². The average Bonchev–Trinajstić information content (AvgIpc) is 2.67. The van der Waals surface area contributed by atoms with Crippen LogP contribution in [0.1, 0.15) is 21.8 Å². The number of nitrogens with zero attached hydrogens (tertiary/aromatic N) is 3. The van der Waals surface area contributed by atoms with Gasteiger partial charge in [-0.05, 0) is 19.9 Å². The molecule has 0 saturated carbocycles. The summed E-state index contributed by atoms with van der Waals surface area (Å²) < 4.78 is 4.93. The number of hydrogen-bond acceptors (Lipinski definition) is 6. The zero-order valence-electron chi connectivity index (χ0n) is 9.88. The van der Waals surface area contributed by atoms with Gasteiger partial charge in [0.15, 0.2) is 11.4 Å². The Bertz CT molecular complexity index is 597. The summed E-state index contributed by atoms with van der Waals surface area (Å²) in [5.74, 6) is -0.759. The fourth-order valence-corrected chi connectivity index (χ4v) is 1.46. The Labute approximate surface area is 103 Å². The predicted molar refractivity (Wildman–Crippen MR) is 60.9 cm³/mol. The minimum Gasteiger partial charge on any atom is -0.545 e. The standard InChI is InChI=1S/C12H11N3O3/c1-7-11(8(2)18-15-7)14-13-10-6-4-3-5-9(10)12(16)17/h3-6H,1-2H3,(H,16,17)/p-1. The summed E-state index contributed by atoms with van der Waals surface area (Å²) in [4.78, 5) is 10.9. The van der Waals surface area contributed by atoms with Gasteiger partial charge in [-0.3, -0.25) is 0 Å². The number of rotatable bonds is 3. The Morgan fingerprint density at radius 3 is 2.61 bits per heavy atom. The van der Waals surface area contributed by atoms with Gasteiger partial charge in [0.25, 0.3) is 0 Å². The molecule has 0 aliphatic carbocycles. The van der Waals surface area contributed by atoms with E-state index in [-0.39, 0.29) is 11.3 Å². The maximum absolute atomic E-state index is 10.9. The molecule has 0 saturated heterocycles. The molecule has 0 spiro atoms. The molecule has 0 radical (unpaired) electrons. The van der Waals surface area contributed by atoms with Crippen LogP contribution in [-0.2, 0) is 0 Å². The number of carbonyl (C=O) groups excluding carboxylic acids is 1. The second-order valence-electron chi connectivity index (χ2n) is 3.68. The van der Waals surface area contributed by atoms with Crippen molar-refractivity contribution in [1.29, 1.82) is 0 Å². The highest BCUT2D eigenvalue weighted by Gasteiger charge is 2.08. The molecule has 2 rings (SSSR count). The van der Waals surface area contributed by atoms with E-state index in [1.807, 2.05) is 0 Å². The molecule has 1 aromatic heterocycles. The smallest absolute Gasteiger partial charge is 0.161 e. The van der Waals surface area contributed by atoms with Gasteiger partial charge in [0.05, 0.1) is 11.7 Å². The van der Waals surface area contributed by atoms with Crippen molar-refractivity contribution < 1.29 is 14.4 Å². The molecule has 0 aliphatic rings. The van der Waals surface area contributed by atoms with Gasteiger partial charge in [-0.25, -0.2) is 0 Å². The third-order valence-electron chi connectivity index (χ3n) is 2.38. The lowest BCUT2D eigenvalue weighted by Crippen LogP contribution is -2.22. The topological polar surface area (TPSA) is 90.9 Å². The van der Waals surface area contributed by atoms with Gasteiger partial charge in [0.2, 0.25) is 0 Å². The van der Waals surface area contributed by atoms with Gasteiger partial charge in [0.1, 0.15) is 5.69 Å². The van der Waals surface area contributed by atoms with Crippen molar-refractivity contribution in [2.24, 2.45) is 10.2 Å². The van der Waals surface area contributed by atoms with Crippen molar-refractivity contribution in [1.82, 2.24) is 5.16 Å². The molecule has 0 N–H and O–H groups in total. The molecule has 0 fully saturated rings. The van der Waals surface area contributed by atoms with Gasteiger partial charge in [0, 0.05) is 5.56 Å². The van der Waals surface area contributed by atoms with Crippen molar-refractivity contribution in [3.63, 3.8) is 0 Å². The summed E-state index contributed by atoms with van der Waals surface area (Å²) in [6.07, 6.45) is 0. The van der Waals surface area contributed by atoms with Crippen LogP contribution in [0, 0.1) is 13.8 Å². The molecule has 0 atom stereocenters. The normalized spacial score (nSPS) is 11.0. The number of carbonyl (C=O) groups is 1. The van der Waals surface area contributed by atoms with Crippen molar-refractivity contribution in [3.05, 3.63) is 41.3 Å². The van der Waals surface area contributed by atoms with Crippen molar-refractivity contribution in [2.75, 3.05) is 0 Å². The number of benzene rings is 1. The van der Waals surface area contributed by atoms with Crippen LogP contribution >= 0.6 is 0 Å². The minimum atomic E-state index is -1.29. The predicted octanol–water partition coefficient (Wildman–Crippen LogP) is 2.07. The average molecular weight is 244 g/mol. The number of aryl methyl sites for hydroxylation is 2. The van der Waals surface area contributed by atoms with E-state index in [0.717, 1.165) is 0 Å². The van der Waals surface area contributed by atoms with Crippen LogP contribution in [0.4, 0.5) is 11.4 Å². The quantitative estimate of drug-likeness (QED) is 0.772. The molecule has 18 heavy (non-hydrogen) atoms. The molecule has 92 valence electrons. The van der Waals surface area contributed by atoms with Crippen LogP contribution in [0.25, 0.3) is 0 Å². The number of aromatic nitrogens is 1. The monoisotopic (exact) mass is 244 g/mol. The van der Waals surface area contributed by atoms with E-state index in [1.54, 1.807) is 32.0 Å². The number of carboxylic acids is 1. The van der Waals surface area contributed by atoms with E-state index in [9.17, 15) is 9.90 Å². The Kier molecular flexibility index (Phi) is 3.18. The van der Waals surface area contributed by atoms with E-state index in [0.29, 0.717) is 17.1 Å². The van der Waals surface area contributed by atoms with Crippen molar-refractivity contribution in [3.8, 4) is 0 Å². The van der Waals surface area contributed by atoms with Gasteiger partial charge in [-0.15, -0.1) is 10.2 Å². The number of aromatic carboxylic acids is 1. The lowest BCUT2D eigenvalue weighted by Gasteiger charge is -2.04. The molecule has 0 unspecified atom stereocenters. The molecule has 6 nitrogen and oxygen atoms in total. The third-order valence-corrected chi connectivity index (χ3v) is 2.38. The number of hydrogen-bond donors (Lipinski definition) is 0. The summed E-state index contributed by atoms with van der Waals surface area (Å²) >= 11 is 0. The Morgan fingerprint density at radius 1 is 1.28 bits per heavy atom. The zero-order chi connectivity index (χ0) is 13.1. The number of azo groups is 1. The maximum atomic E-state index is 10.9. The Morgan fingerprint density at radius 2 is 2.00 bits per heavy atom. The highest BCUT2D eigenvalue weighted by Crippen LogP contribution is 2.26.